The summed E-state index contributed by atoms with van der Waals surface area (Å²) in [6, 6.07) is 0. The summed E-state index contributed by atoms with van der Waals surface area (Å²) in [6.07, 6.45) is 0.791. The number of rotatable bonds is 5. The van der Waals surface area contributed by atoms with Gasteiger partial charge in [-0.05, 0) is 14.0 Å². The maximum absolute atomic E-state index is 11.2. The summed E-state index contributed by atoms with van der Waals surface area (Å²) in [7, 11) is 3.49. The summed E-state index contributed by atoms with van der Waals surface area (Å²) >= 11 is 0. The summed E-state index contributed by atoms with van der Waals surface area (Å²) in [5.74, 6) is 0.0434. The molecule has 4 nitrogen and oxygen atoms in total. The van der Waals surface area contributed by atoms with E-state index in [2.05, 4.69) is 0 Å². The second kappa shape index (κ2) is 10.2. The number of hydrogen-bond donors (Lipinski definition) is 0. The molecule has 0 saturated carbocycles. The van der Waals surface area contributed by atoms with E-state index in [1.54, 1.807) is 23.9 Å². The van der Waals surface area contributed by atoms with E-state index in [-0.39, 0.29) is 5.91 Å². The monoisotopic (exact) mass is 202 g/mol. The van der Waals surface area contributed by atoms with Gasteiger partial charge in [0.15, 0.2) is 0 Å². The van der Waals surface area contributed by atoms with Gasteiger partial charge in [0, 0.05) is 13.6 Å². The topological polar surface area (TPSA) is 40.6 Å². The van der Waals surface area contributed by atoms with Crippen LogP contribution < -0.4 is 0 Å². The van der Waals surface area contributed by atoms with Crippen molar-refractivity contribution in [2.24, 2.45) is 0 Å². The largest absolute Gasteiger partial charge is 0.345 e. The number of aldehydes is 1. The molecule has 0 aromatic heterocycles. The first-order valence-electron chi connectivity index (χ1n) is 4.98. The molecule has 0 aliphatic carbocycles. The third kappa shape index (κ3) is 7.73. The molecule has 0 aliphatic heterocycles. The Morgan fingerprint density at radius 3 is 2.14 bits per heavy atom. The lowest BCUT2D eigenvalue weighted by molar-refractivity contribution is -0.130. The minimum atomic E-state index is 0.0434. The Labute approximate surface area is 86.9 Å². The molecule has 0 bridgehead atoms. The fraction of sp³-hybridized carbons (Fsp3) is 0.800. The summed E-state index contributed by atoms with van der Waals surface area (Å²) < 4.78 is 0. The molecule has 0 aromatic carbocycles. The van der Waals surface area contributed by atoms with Gasteiger partial charge in [-0.1, -0.05) is 13.8 Å². The first kappa shape index (κ1) is 15.6. The second-order valence-electron chi connectivity index (χ2n) is 2.77. The van der Waals surface area contributed by atoms with Crippen LogP contribution >= 0.6 is 0 Å². The van der Waals surface area contributed by atoms with Crippen molar-refractivity contribution in [1.82, 2.24) is 9.80 Å². The molecular formula is C10H22N2O2. The van der Waals surface area contributed by atoms with Crippen molar-refractivity contribution in [3.8, 4) is 0 Å². The van der Waals surface area contributed by atoms with Crippen molar-refractivity contribution in [3.63, 3.8) is 0 Å². The van der Waals surface area contributed by atoms with Gasteiger partial charge >= 0.3 is 0 Å². The van der Waals surface area contributed by atoms with E-state index in [0.29, 0.717) is 19.6 Å². The highest BCUT2D eigenvalue weighted by Gasteiger charge is 2.08. The van der Waals surface area contributed by atoms with Gasteiger partial charge in [-0.15, -0.1) is 0 Å². The number of amides is 1. The van der Waals surface area contributed by atoms with E-state index in [9.17, 15) is 9.59 Å². The van der Waals surface area contributed by atoms with Crippen molar-refractivity contribution >= 4 is 12.2 Å². The first-order chi connectivity index (χ1) is 6.61. The molecule has 0 fully saturated rings. The molecule has 0 spiro atoms. The van der Waals surface area contributed by atoms with Crippen LogP contribution in [0.4, 0.5) is 0 Å². The standard InChI is InChI=1S/C8H16N2O2.C2H6/c1-4-10(3)8(12)7-9(2)5-6-11;1-2/h6H,4-5,7H2,1-3H3;1-2H3. The van der Waals surface area contributed by atoms with Gasteiger partial charge < -0.3 is 9.69 Å². The molecule has 0 aliphatic rings. The average molecular weight is 202 g/mol. The lowest BCUT2D eigenvalue weighted by Crippen LogP contribution is -2.37. The zero-order valence-corrected chi connectivity index (χ0v) is 9.91. The molecule has 0 saturated heterocycles. The third-order valence-electron chi connectivity index (χ3n) is 1.69. The summed E-state index contributed by atoms with van der Waals surface area (Å²) in [4.78, 5) is 24.6. The predicted octanol–water partition coefficient (Wildman–Crippen LogP) is 0.622. The molecule has 14 heavy (non-hydrogen) atoms. The van der Waals surface area contributed by atoms with Gasteiger partial charge in [-0.3, -0.25) is 9.69 Å². The van der Waals surface area contributed by atoms with Crippen molar-refractivity contribution < 1.29 is 9.59 Å². The molecular weight excluding hydrogens is 180 g/mol. The Morgan fingerprint density at radius 2 is 1.79 bits per heavy atom. The quantitative estimate of drug-likeness (QED) is 0.614. The van der Waals surface area contributed by atoms with Gasteiger partial charge in [-0.2, -0.15) is 0 Å². The molecule has 4 heteroatoms. The smallest absolute Gasteiger partial charge is 0.236 e. The van der Waals surface area contributed by atoms with E-state index >= 15 is 0 Å². The zero-order chi connectivity index (χ0) is 11.6. The summed E-state index contributed by atoms with van der Waals surface area (Å²) in [5, 5.41) is 0. The van der Waals surface area contributed by atoms with Gasteiger partial charge in [0.1, 0.15) is 6.29 Å². The highest BCUT2D eigenvalue weighted by Crippen LogP contribution is 1.87. The van der Waals surface area contributed by atoms with E-state index in [0.717, 1.165) is 6.29 Å². The molecule has 0 N–H and O–H groups in total. The predicted molar refractivity (Wildman–Crippen MR) is 58.2 cm³/mol. The Hall–Kier alpha value is -0.900. The average Bonchev–Trinajstić information content (AvgIpc) is 2.19. The van der Waals surface area contributed by atoms with Crippen molar-refractivity contribution in [3.05, 3.63) is 0 Å². The highest BCUT2D eigenvalue weighted by atomic mass is 16.2. The second-order valence-corrected chi connectivity index (χ2v) is 2.77. The fourth-order valence-electron chi connectivity index (χ4n) is 0.720. The van der Waals surface area contributed by atoms with Crippen molar-refractivity contribution in [1.29, 1.82) is 0 Å². The molecule has 1 amide bonds. The minimum absolute atomic E-state index is 0.0434. The van der Waals surface area contributed by atoms with Gasteiger partial charge in [0.05, 0.1) is 13.1 Å². The van der Waals surface area contributed by atoms with Gasteiger partial charge in [0.2, 0.25) is 5.91 Å². The normalized spacial score (nSPS) is 9.00. The van der Waals surface area contributed by atoms with Crippen LogP contribution in [0.1, 0.15) is 20.8 Å². The van der Waals surface area contributed by atoms with E-state index in [4.69, 9.17) is 0 Å². The van der Waals surface area contributed by atoms with Gasteiger partial charge in [-0.25, -0.2) is 0 Å². The van der Waals surface area contributed by atoms with Crippen LogP contribution in [-0.4, -0.2) is 55.7 Å². The molecule has 0 aromatic rings. The minimum Gasteiger partial charge on any atom is -0.345 e. The van der Waals surface area contributed by atoms with Crippen LogP contribution in [0, 0.1) is 0 Å². The fourth-order valence-corrected chi connectivity index (χ4v) is 0.720. The maximum Gasteiger partial charge on any atom is 0.236 e. The van der Waals surface area contributed by atoms with E-state index < -0.39 is 0 Å². The molecule has 84 valence electrons. The first-order valence-corrected chi connectivity index (χ1v) is 4.98. The summed E-state index contributed by atoms with van der Waals surface area (Å²) in [6.45, 7) is 7.23. The van der Waals surface area contributed by atoms with E-state index in [1.165, 1.54) is 0 Å². The Morgan fingerprint density at radius 1 is 1.29 bits per heavy atom. The van der Waals surface area contributed by atoms with E-state index in [1.807, 2.05) is 20.8 Å². The Bertz CT molecular complexity index is 160. The number of hydrogen-bond acceptors (Lipinski definition) is 3. The lowest BCUT2D eigenvalue weighted by Gasteiger charge is -2.18. The SMILES string of the molecule is CC.CCN(C)C(=O)CN(C)CC=O. The third-order valence-corrected chi connectivity index (χ3v) is 1.69. The van der Waals surface area contributed by atoms with Crippen LogP contribution in [-0.2, 0) is 9.59 Å². The highest BCUT2D eigenvalue weighted by molar-refractivity contribution is 5.78. The van der Waals surface area contributed by atoms with Crippen LogP contribution in [0.15, 0.2) is 0 Å². The number of nitrogens with zero attached hydrogens (tertiary/aromatic N) is 2. The number of carbonyl (C=O) groups is 2. The van der Waals surface area contributed by atoms with Crippen LogP contribution in [0.25, 0.3) is 0 Å². The van der Waals surface area contributed by atoms with Crippen molar-refractivity contribution in [2.75, 3.05) is 33.7 Å². The Kier molecular flexibility index (Phi) is 11.3. The number of likely N-dealkylation sites (N-methyl/N-ethyl adjacent to an activating group) is 2. The van der Waals surface area contributed by atoms with Crippen LogP contribution in [0.2, 0.25) is 0 Å². The molecule has 0 rings (SSSR count). The molecule has 0 unspecified atom stereocenters. The maximum atomic E-state index is 11.2. The molecule has 0 radical (unpaired) electrons. The van der Waals surface area contributed by atoms with Gasteiger partial charge in [0.25, 0.3) is 0 Å². The molecule has 0 atom stereocenters. The van der Waals surface area contributed by atoms with Crippen LogP contribution in [0.5, 0.6) is 0 Å². The number of carbonyl (C=O) groups excluding carboxylic acids is 2. The zero-order valence-electron chi connectivity index (χ0n) is 9.91. The summed E-state index contributed by atoms with van der Waals surface area (Å²) in [5.41, 5.74) is 0. The molecule has 0 heterocycles. The van der Waals surface area contributed by atoms with Crippen molar-refractivity contribution in [2.45, 2.75) is 20.8 Å². The van der Waals surface area contributed by atoms with Crippen LogP contribution in [0.3, 0.4) is 0 Å². The lowest BCUT2D eigenvalue weighted by atomic mass is 10.4. The Balaban J connectivity index is 0.